The van der Waals surface area contributed by atoms with E-state index >= 15 is 0 Å². The predicted octanol–water partition coefficient (Wildman–Crippen LogP) is 3.14. The molecule has 1 fully saturated rings. The smallest absolute Gasteiger partial charge is 0.0615 e. The predicted molar refractivity (Wildman–Crippen MR) is 56.6 cm³/mol. The number of aliphatic hydroxyl groups excluding tert-OH is 1. The molecule has 0 aliphatic heterocycles. The van der Waals surface area contributed by atoms with E-state index in [1.54, 1.807) is 0 Å². The maximum absolute atomic E-state index is 8.94. The second-order valence-electron chi connectivity index (χ2n) is 4.38. The van der Waals surface area contributed by atoms with Crippen LogP contribution in [0.3, 0.4) is 0 Å². The summed E-state index contributed by atoms with van der Waals surface area (Å²) in [5.74, 6) is 1.37. The summed E-state index contributed by atoms with van der Waals surface area (Å²) in [6.45, 7) is 4.68. The van der Waals surface area contributed by atoms with Crippen LogP contribution < -0.4 is 0 Å². The molecule has 0 unspecified atom stereocenters. The molecule has 0 heterocycles. The van der Waals surface area contributed by atoms with Crippen LogP contribution in [-0.4, -0.2) is 11.7 Å². The van der Waals surface area contributed by atoms with E-state index in [4.69, 9.17) is 5.11 Å². The molecule has 0 radical (unpaired) electrons. The Morgan fingerprint density at radius 1 is 1.31 bits per heavy atom. The third kappa shape index (κ3) is 3.15. The van der Waals surface area contributed by atoms with Gasteiger partial charge in [-0.05, 0) is 24.7 Å². The van der Waals surface area contributed by atoms with Crippen LogP contribution in [-0.2, 0) is 0 Å². The molecule has 0 spiro atoms. The Labute approximate surface area is 81.9 Å². The SMILES string of the molecule is CC(C)C(=CCO)C1CCCCC1. The Morgan fingerprint density at radius 2 is 1.92 bits per heavy atom. The standard InChI is InChI=1S/C12H22O/c1-10(2)12(8-9-13)11-6-4-3-5-7-11/h8,10-11,13H,3-7,9H2,1-2H3. The summed E-state index contributed by atoms with van der Waals surface area (Å²) in [5, 5.41) is 8.94. The molecule has 13 heavy (non-hydrogen) atoms. The van der Waals surface area contributed by atoms with Crippen LogP contribution in [0, 0.1) is 11.8 Å². The van der Waals surface area contributed by atoms with Crippen molar-refractivity contribution in [1.29, 1.82) is 0 Å². The fourth-order valence-corrected chi connectivity index (χ4v) is 2.42. The highest BCUT2D eigenvalue weighted by atomic mass is 16.2. The summed E-state index contributed by atoms with van der Waals surface area (Å²) in [7, 11) is 0. The van der Waals surface area contributed by atoms with Gasteiger partial charge in [-0.1, -0.05) is 44.8 Å². The van der Waals surface area contributed by atoms with Crippen LogP contribution in [0.4, 0.5) is 0 Å². The summed E-state index contributed by atoms with van der Waals surface area (Å²) in [6, 6.07) is 0. The van der Waals surface area contributed by atoms with Crippen molar-refractivity contribution in [2.75, 3.05) is 6.61 Å². The fraction of sp³-hybridized carbons (Fsp3) is 0.833. The van der Waals surface area contributed by atoms with Gasteiger partial charge in [-0.15, -0.1) is 0 Å². The molecule has 0 aromatic carbocycles. The largest absolute Gasteiger partial charge is 0.392 e. The molecular formula is C12H22O. The van der Waals surface area contributed by atoms with Gasteiger partial charge in [0.2, 0.25) is 0 Å². The zero-order valence-electron chi connectivity index (χ0n) is 8.92. The number of hydrogen-bond acceptors (Lipinski definition) is 1. The van der Waals surface area contributed by atoms with Crippen LogP contribution in [0.1, 0.15) is 46.0 Å². The minimum absolute atomic E-state index is 0.212. The summed E-state index contributed by atoms with van der Waals surface area (Å²) in [4.78, 5) is 0. The van der Waals surface area contributed by atoms with E-state index < -0.39 is 0 Å². The van der Waals surface area contributed by atoms with Crippen LogP contribution in [0.5, 0.6) is 0 Å². The molecule has 1 saturated carbocycles. The summed E-state index contributed by atoms with van der Waals surface area (Å²) < 4.78 is 0. The van der Waals surface area contributed by atoms with Gasteiger partial charge in [0.1, 0.15) is 0 Å². The van der Waals surface area contributed by atoms with Gasteiger partial charge in [-0.2, -0.15) is 0 Å². The van der Waals surface area contributed by atoms with E-state index in [0.29, 0.717) is 5.92 Å². The second-order valence-corrected chi connectivity index (χ2v) is 4.38. The van der Waals surface area contributed by atoms with Gasteiger partial charge in [0.05, 0.1) is 6.61 Å². The third-order valence-corrected chi connectivity index (χ3v) is 3.07. The van der Waals surface area contributed by atoms with Crippen molar-refractivity contribution in [3.8, 4) is 0 Å². The van der Waals surface area contributed by atoms with Gasteiger partial charge < -0.3 is 5.11 Å². The molecule has 0 aromatic heterocycles. The molecule has 1 aliphatic rings. The number of hydrogen-bond donors (Lipinski definition) is 1. The fourth-order valence-electron chi connectivity index (χ4n) is 2.42. The summed E-state index contributed by atoms with van der Waals surface area (Å²) >= 11 is 0. The first-order valence-electron chi connectivity index (χ1n) is 5.56. The lowest BCUT2D eigenvalue weighted by Gasteiger charge is -2.26. The van der Waals surface area contributed by atoms with E-state index in [0.717, 1.165) is 5.92 Å². The van der Waals surface area contributed by atoms with Crippen molar-refractivity contribution < 1.29 is 5.11 Å². The molecule has 1 nitrogen and oxygen atoms in total. The lowest BCUT2D eigenvalue weighted by Crippen LogP contribution is -2.13. The van der Waals surface area contributed by atoms with Crippen LogP contribution in [0.25, 0.3) is 0 Å². The molecule has 1 heteroatoms. The monoisotopic (exact) mass is 182 g/mol. The highest BCUT2D eigenvalue weighted by Gasteiger charge is 2.19. The molecule has 0 atom stereocenters. The third-order valence-electron chi connectivity index (χ3n) is 3.07. The zero-order valence-corrected chi connectivity index (χ0v) is 8.92. The Morgan fingerprint density at radius 3 is 2.38 bits per heavy atom. The average molecular weight is 182 g/mol. The number of aliphatic hydroxyl groups is 1. The molecule has 1 aliphatic carbocycles. The van der Waals surface area contributed by atoms with Crippen molar-refractivity contribution >= 4 is 0 Å². The average Bonchev–Trinajstić information content (AvgIpc) is 2.15. The van der Waals surface area contributed by atoms with Gasteiger partial charge in [0.25, 0.3) is 0 Å². The van der Waals surface area contributed by atoms with Gasteiger partial charge in [0.15, 0.2) is 0 Å². The van der Waals surface area contributed by atoms with Crippen molar-refractivity contribution in [1.82, 2.24) is 0 Å². The van der Waals surface area contributed by atoms with E-state index in [1.807, 2.05) is 6.08 Å². The number of rotatable bonds is 3. The Bertz CT molecular complexity index is 164. The molecule has 76 valence electrons. The molecule has 0 bridgehead atoms. The van der Waals surface area contributed by atoms with E-state index in [2.05, 4.69) is 13.8 Å². The lowest BCUT2D eigenvalue weighted by molar-refractivity contribution is 0.331. The van der Waals surface area contributed by atoms with Crippen molar-refractivity contribution in [3.05, 3.63) is 11.6 Å². The van der Waals surface area contributed by atoms with Gasteiger partial charge in [-0.25, -0.2) is 0 Å². The first-order valence-corrected chi connectivity index (χ1v) is 5.56. The van der Waals surface area contributed by atoms with Crippen molar-refractivity contribution in [2.45, 2.75) is 46.0 Å². The molecular weight excluding hydrogens is 160 g/mol. The van der Waals surface area contributed by atoms with Gasteiger partial charge in [-0.3, -0.25) is 0 Å². The molecule has 0 amide bonds. The first kappa shape index (κ1) is 10.8. The molecule has 0 aromatic rings. The lowest BCUT2D eigenvalue weighted by atomic mass is 9.79. The van der Waals surface area contributed by atoms with E-state index in [9.17, 15) is 0 Å². The molecule has 1 rings (SSSR count). The zero-order chi connectivity index (χ0) is 9.68. The number of allylic oxidation sites excluding steroid dienone is 1. The van der Waals surface area contributed by atoms with Crippen LogP contribution in [0.15, 0.2) is 11.6 Å². The minimum Gasteiger partial charge on any atom is -0.392 e. The summed E-state index contributed by atoms with van der Waals surface area (Å²) in [5.41, 5.74) is 1.49. The normalized spacial score (nSPS) is 21.1. The van der Waals surface area contributed by atoms with Crippen molar-refractivity contribution in [2.24, 2.45) is 11.8 Å². The van der Waals surface area contributed by atoms with Gasteiger partial charge >= 0.3 is 0 Å². The Hall–Kier alpha value is -0.300. The second kappa shape index (κ2) is 5.43. The Kier molecular flexibility index (Phi) is 4.51. The molecule has 1 N–H and O–H groups in total. The topological polar surface area (TPSA) is 20.2 Å². The van der Waals surface area contributed by atoms with E-state index in [-0.39, 0.29) is 6.61 Å². The van der Waals surface area contributed by atoms with Gasteiger partial charge in [0, 0.05) is 0 Å². The van der Waals surface area contributed by atoms with Crippen LogP contribution in [0.2, 0.25) is 0 Å². The highest BCUT2D eigenvalue weighted by molar-refractivity contribution is 5.10. The summed E-state index contributed by atoms with van der Waals surface area (Å²) in [6.07, 6.45) is 8.86. The van der Waals surface area contributed by atoms with Crippen molar-refractivity contribution in [3.63, 3.8) is 0 Å². The van der Waals surface area contributed by atoms with E-state index in [1.165, 1.54) is 37.7 Å². The minimum atomic E-state index is 0.212. The molecule has 0 saturated heterocycles. The quantitative estimate of drug-likeness (QED) is 0.665. The first-order chi connectivity index (χ1) is 6.25. The maximum atomic E-state index is 8.94. The maximum Gasteiger partial charge on any atom is 0.0615 e. The highest BCUT2D eigenvalue weighted by Crippen LogP contribution is 2.33. The van der Waals surface area contributed by atoms with Crippen LogP contribution >= 0.6 is 0 Å². The Balaban J connectivity index is 2.57.